The van der Waals surface area contributed by atoms with Crippen LogP contribution in [0.2, 0.25) is 0 Å². The molecule has 2 heterocycles. The van der Waals surface area contributed by atoms with E-state index in [1.54, 1.807) is 0 Å². The molecule has 1 aliphatic carbocycles. The van der Waals surface area contributed by atoms with E-state index in [2.05, 4.69) is 22.8 Å². The Hall–Kier alpha value is -2.08. The Kier molecular flexibility index (Phi) is 6.61. The van der Waals surface area contributed by atoms with Gasteiger partial charge >= 0.3 is 0 Å². The monoisotopic (exact) mass is 428 g/mol. The summed E-state index contributed by atoms with van der Waals surface area (Å²) in [6, 6.07) is 14.5. The van der Waals surface area contributed by atoms with Gasteiger partial charge in [0.15, 0.2) is 0 Å². The quantitative estimate of drug-likeness (QED) is 0.636. The van der Waals surface area contributed by atoms with Crippen LogP contribution in [0, 0.1) is 0 Å². The Bertz CT molecular complexity index is 997. The second kappa shape index (κ2) is 9.38. The van der Waals surface area contributed by atoms with E-state index >= 15 is 0 Å². The van der Waals surface area contributed by atoms with Crippen molar-refractivity contribution >= 4 is 23.4 Å². The van der Waals surface area contributed by atoms with Crippen LogP contribution in [0.1, 0.15) is 42.1 Å². The minimum absolute atomic E-state index is 0. The lowest BCUT2D eigenvalue weighted by Crippen LogP contribution is -2.26. The van der Waals surface area contributed by atoms with E-state index in [-0.39, 0.29) is 19.0 Å². The van der Waals surface area contributed by atoms with Gasteiger partial charge in [-0.05, 0) is 67.5 Å². The van der Waals surface area contributed by atoms with E-state index in [1.165, 1.54) is 24.0 Å². The van der Waals surface area contributed by atoms with Gasteiger partial charge in [0.1, 0.15) is 24.3 Å². The minimum Gasteiger partial charge on any atom is -0.491 e. The van der Waals surface area contributed by atoms with E-state index in [0.29, 0.717) is 12.5 Å². The van der Waals surface area contributed by atoms with Crippen molar-refractivity contribution in [2.24, 2.45) is 0 Å². The van der Waals surface area contributed by atoms with Crippen molar-refractivity contribution in [2.45, 2.75) is 50.7 Å². The number of rotatable bonds is 6. The second-order valence-corrected chi connectivity index (χ2v) is 8.20. The summed E-state index contributed by atoms with van der Waals surface area (Å²) in [5.41, 5.74) is 4.88. The van der Waals surface area contributed by atoms with Crippen molar-refractivity contribution in [1.29, 1.82) is 0 Å². The predicted molar refractivity (Wildman–Crippen MR) is 120 cm³/mol. The molecule has 1 atom stereocenters. The maximum absolute atomic E-state index is 10.8. The molecule has 1 N–H and O–H groups in total. The fourth-order valence-electron chi connectivity index (χ4n) is 4.65. The first kappa shape index (κ1) is 21.2. The number of hydrogen-bond acceptors (Lipinski definition) is 4. The maximum atomic E-state index is 10.8. The normalized spacial score (nSPS) is 17.5. The number of ether oxygens (including phenoxy) is 2. The van der Waals surface area contributed by atoms with Gasteiger partial charge in [-0.1, -0.05) is 18.2 Å². The molecule has 1 aromatic heterocycles. The standard InChI is InChI=1S/C24H28N2O3.ClH/c27-20(16-29-21-9-8-17-4-3-5-19(17)14-21)15-26-23-7-2-1-6-22(23)25-24(26)18-10-12-28-13-11-18;/h1-2,6-9,14,18,20,27H,3-5,10-13,15-16H2;1H. The molecule has 2 aromatic carbocycles. The zero-order valence-corrected chi connectivity index (χ0v) is 17.9. The summed E-state index contributed by atoms with van der Waals surface area (Å²) in [6.45, 7) is 2.31. The van der Waals surface area contributed by atoms with Gasteiger partial charge in [-0.3, -0.25) is 0 Å². The van der Waals surface area contributed by atoms with E-state index in [4.69, 9.17) is 14.5 Å². The third kappa shape index (κ3) is 4.34. The largest absolute Gasteiger partial charge is 0.491 e. The number of aromatic nitrogens is 2. The molecule has 1 aliphatic heterocycles. The van der Waals surface area contributed by atoms with Gasteiger partial charge in [0.05, 0.1) is 17.6 Å². The van der Waals surface area contributed by atoms with E-state index in [9.17, 15) is 5.11 Å². The van der Waals surface area contributed by atoms with Crippen molar-refractivity contribution in [3.8, 4) is 5.75 Å². The molecule has 5 rings (SSSR count). The Morgan fingerprint density at radius 2 is 1.90 bits per heavy atom. The third-order valence-electron chi connectivity index (χ3n) is 6.18. The number of benzene rings is 2. The molecule has 30 heavy (non-hydrogen) atoms. The van der Waals surface area contributed by atoms with Crippen LogP contribution in [0.15, 0.2) is 42.5 Å². The summed E-state index contributed by atoms with van der Waals surface area (Å²) in [5.74, 6) is 2.29. The number of para-hydroxylation sites is 2. The molecule has 0 amide bonds. The van der Waals surface area contributed by atoms with Crippen molar-refractivity contribution in [3.63, 3.8) is 0 Å². The molecular formula is C24H29ClN2O3. The van der Waals surface area contributed by atoms with Crippen LogP contribution in [-0.4, -0.2) is 40.6 Å². The minimum atomic E-state index is -0.598. The van der Waals surface area contributed by atoms with Crippen molar-refractivity contribution in [2.75, 3.05) is 19.8 Å². The van der Waals surface area contributed by atoms with Crippen LogP contribution in [-0.2, 0) is 24.1 Å². The molecular weight excluding hydrogens is 400 g/mol. The molecule has 0 spiro atoms. The number of aryl methyl sites for hydroxylation is 2. The molecule has 5 nitrogen and oxygen atoms in total. The van der Waals surface area contributed by atoms with Crippen LogP contribution >= 0.6 is 12.4 Å². The highest BCUT2D eigenvalue weighted by Crippen LogP contribution is 2.30. The van der Waals surface area contributed by atoms with E-state index < -0.39 is 6.10 Å². The molecule has 1 unspecified atom stereocenters. The number of hydrogen-bond donors (Lipinski definition) is 1. The number of aliphatic hydroxyl groups is 1. The SMILES string of the molecule is Cl.OC(COc1ccc2c(c1)CCC2)Cn1c(C2CCOCC2)nc2ccccc21. The first-order chi connectivity index (χ1) is 14.3. The second-order valence-electron chi connectivity index (χ2n) is 8.20. The smallest absolute Gasteiger partial charge is 0.119 e. The summed E-state index contributed by atoms with van der Waals surface area (Å²) >= 11 is 0. The molecule has 6 heteroatoms. The summed E-state index contributed by atoms with van der Waals surface area (Å²) < 4.78 is 13.6. The summed E-state index contributed by atoms with van der Waals surface area (Å²) in [4.78, 5) is 4.90. The number of aliphatic hydroxyl groups excluding tert-OH is 1. The Balaban J connectivity index is 0.00000218. The van der Waals surface area contributed by atoms with Crippen LogP contribution < -0.4 is 4.74 Å². The van der Waals surface area contributed by atoms with Gasteiger partial charge < -0.3 is 19.1 Å². The Morgan fingerprint density at radius 3 is 2.77 bits per heavy atom. The maximum Gasteiger partial charge on any atom is 0.119 e. The van der Waals surface area contributed by atoms with E-state index in [1.807, 2.05) is 24.3 Å². The average Bonchev–Trinajstić information content (AvgIpc) is 3.37. The van der Waals surface area contributed by atoms with Crippen molar-refractivity contribution < 1.29 is 14.6 Å². The third-order valence-corrected chi connectivity index (χ3v) is 6.18. The highest BCUT2D eigenvalue weighted by molar-refractivity contribution is 5.85. The van der Waals surface area contributed by atoms with Gasteiger partial charge in [0.25, 0.3) is 0 Å². The number of fused-ring (bicyclic) bond motifs is 2. The topological polar surface area (TPSA) is 56.5 Å². The van der Waals surface area contributed by atoms with Crippen molar-refractivity contribution in [1.82, 2.24) is 9.55 Å². The summed E-state index contributed by atoms with van der Waals surface area (Å²) in [5, 5.41) is 10.8. The van der Waals surface area contributed by atoms with Gasteiger partial charge in [0, 0.05) is 19.1 Å². The fourth-order valence-corrected chi connectivity index (χ4v) is 4.65. The van der Waals surface area contributed by atoms with Gasteiger partial charge in [-0.25, -0.2) is 4.98 Å². The average molecular weight is 429 g/mol. The molecule has 0 saturated carbocycles. The van der Waals surface area contributed by atoms with Crippen LogP contribution in [0.3, 0.4) is 0 Å². The first-order valence-corrected chi connectivity index (χ1v) is 10.7. The van der Waals surface area contributed by atoms with Gasteiger partial charge in [0.2, 0.25) is 0 Å². The van der Waals surface area contributed by atoms with Crippen LogP contribution in [0.4, 0.5) is 0 Å². The lowest BCUT2D eigenvalue weighted by Gasteiger charge is -2.23. The zero-order chi connectivity index (χ0) is 19.6. The van der Waals surface area contributed by atoms with Crippen molar-refractivity contribution in [3.05, 3.63) is 59.4 Å². The fraction of sp³-hybridized carbons (Fsp3) is 0.458. The number of imidazole rings is 1. The van der Waals surface area contributed by atoms with Crippen LogP contribution in [0.5, 0.6) is 5.75 Å². The lowest BCUT2D eigenvalue weighted by molar-refractivity contribution is 0.0780. The van der Waals surface area contributed by atoms with Crippen LogP contribution in [0.25, 0.3) is 11.0 Å². The molecule has 1 fully saturated rings. The molecule has 160 valence electrons. The molecule has 0 radical (unpaired) electrons. The highest BCUT2D eigenvalue weighted by atomic mass is 35.5. The van der Waals surface area contributed by atoms with E-state index in [0.717, 1.165) is 55.1 Å². The summed E-state index contributed by atoms with van der Waals surface area (Å²) in [6.07, 6.45) is 4.88. The summed E-state index contributed by atoms with van der Waals surface area (Å²) in [7, 11) is 0. The lowest BCUT2D eigenvalue weighted by atomic mass is 9.99. The van der Waals surface area contributed by atoms with Gasteiger partial charge in [-0.15, -0.1) is 12.4 Å². The number of nitrogens with zero attached hydrogens (tertiary/aromatic N) is 2. The zero-order valence-electron chi connectivity index (χ0n) is 17.1. The molecule has 2 aliphatic rings. The first-order valence-electron chi connectivity index (χ1n) is 10.7. The van der Waals surface area contributed by atoms with Gasteiger partial charge in [-0.2, -0.15) is 0 Å². The predicted octanol–water partition coefficient (Wildman–Crippen LogP) is 4.28. The molecule has 1 saturated heterocycles. The molecule has 3 aromatic rings. The Labute approximate surface area is 183 Å². The Morgan fingerprint density at radius 1 is 1.10 bits per heavy atom. The number of halogens is 1. The molecule has 0 bridgehead atoms. The highest BCUT2D eigenvalue weighted by Gasteiger charge is 2.24.